The van der Waals surface area contributed by atoms with Crippen molar-refractivity contribution in [3.8, 4) is 0 Å². The average molecular weight is 400 g/mol. The Morgan fingerprint density at radius 2 is 1.89 bits per heavy atom. The lowest BCUT2D eigenvalue weighted by Crippen LogP contribution is -2.44. The van der Waals surface area contributed by atoms with Crippen LogP contribution in [0.3, 0.4) is 0 Å². The number of thiazole rings is 1. The maximum Gasteiger partial charge on any atom is 0.410 e. The summed E-state index contributed by atoms with van der Waals surface area (Å²) in [7, 11) is 1.63. The van der Waals surface area contributed by atoms with Gasteiger partial charge in [0, 0.05) is 31.8 Å². The third kappa shape index (κ3) is 7.16. The van der Waals surface area contributed by atoms with Gasteiger partial charge in [-0.25, -0.2) is 14.6 Å². The molecule has 1 heterocycles. The molecule has 0 bridgehead atoms. The SMILES string of the molecule is CC(=O)O[C@H](C[C@@H](C(C)C)N(C)C(=O)OC(C)(C)C)c1nc(C(=O)O)cs1. The quantitative estimate of drug-likeness (QED) is 0.695. The zero-order valence-electron chi connectivity index (χ0n) is 16.8. The first kappa shape index (κ1) is 22.9. The molecule has 1 aromatic heterocycles. The molecule has 0 aliphatic heterocycles. The third-order valence-corrected chi connectivity index (χ3v) is 4.67. The van der Waals surface area contributed by atoms with Crippen molar-refractivity contribution in [1.82, 2.24) is 9.88 Å². The maximum atomic E-state index is 12.4. The lowest BCUT2D eigenvalue weighted by molar-refractivity contribution is -0.147. The Labute approximate surface area is 163 Å². The summed E-state index contributed by atoms with van der Waals surface area (Å²) in [5.74, 6) is -1.61. The number of rotatable bonds is 7. The van der Waals surface area contributed by atoms with E-state index in [1.165, 1.54) is 17.2 Å². The number of carboxylic acid groups (broad SMARTS) is 1. The van der Waals surface area contributed by atoms with Crippen LogP contribution in [0.25, 0.3) is 0 Å². The Kier molecular flexibility index (Phi) is 7.77. The molecule has 1 aromatic rings. The third-order valence-electron chi connectivity index (χ3n) is 3.73. The van der Waals surface area contributed by atoms with E-state index in [1.54, 1.807) is 27.8 Å². The number of carboxylic acids is 1. The molecule has 1 amide bonds. The summed E-state index contributed by atoms with van der Waals surface area (Å²) in [4.78, 5) is 40.6. The number of esters is 1. The fourth-order valence-electron chi connectivity index (χ4n) is 2.50. The summed E-state index contributed by atoms with van der Waals surface area (Å²) >= 11 is 1.11. The van der Waals surface area contributed by atoms with Gasteiger partial charge in [-0.1, -0.05) is 13.8 Å². The highest BCUT2D eigenvalue weighted by Crippen LogP contribution is 2.30. The van der Waals surface area contributed by atoms with E-state index >= 15 is 0 Å². The number of carbonyl (C=O) groups excluding carboxylic acids is 2. The summed E-state index contributed by atoms with van der Waals surface area (Å²) in [6.45, 7) is 10.5. The summed E-state index contributed by atoms with van der Waals surface area (Å²) in [5.41, 5.74) is -0.734. The predicted octanol–water partition coefficient (Wildman–Crippen LogP) is 3.73. The fraction of sp³-hybridized carbons (Fsp3) is 0.667. The van der Waals surface area contributed by atoms with Crippen LogP contribution < -0.4 is 0 Å². The van der Waals surface area contributed by atoms with E-state index in [1.807, 2.05) is 13.8 Å². The minimum absolute atomic E-state index is 0.0412. The number of aromatic nitrogens is 1. The molecule has 0 saturated carbocycles. The molecule has 0 spiro atoms. The number of amides is 1. The van der Waals surface area contributed by atoms with Gasteiger partial charge in [-0.15, -0.1) is 11.3 Å². The van der Waals surface area contributed by atoms with Gasteiger partial charge in [-0.2, -0.15) is 0 Å². The smallest absolute Gasteiger partial charge is 0.410 e. The van der Waals surface area contributed by atoms with Crippen molar-refractivity contribution in [3.63, 3.8) is 0 Å². The first-order valence-electron chi connectivity index (χ1n) is 8.63. The van der Waals surface area contributed by atoms with Crippen LogP contribution in [0.1, 0.15) is 69.6 Å². The second-order valence-corrected chi connectivity index (χ2v) is 8.50. The second kappa shape index (κ2) is 9.16. The van der Waals surface area contributed by atoms with E-state index in [-0.39, 0.29) is 24.1 Å². The van der Waals surface area contributed by atoms with Crippen LogP contribution in [-0.2, 0) is 14.3 Å². The van der Waals surface area contributed by atoms with E-state index < -0.39 is 29.7 Å². The molecular weight excluding hydrogens is 372 g/mol. The van der Waals surface area contributed by atoms with Crippen molar-refractivity contribution in [3.05, 3.63) is 16.1 Å². The average Bonchev–Trinajstić information content (AvgIpc) is 2.98. The van der Waals surface area contributed by atoms with Crippen LogP contribution in [0, 0.1) is 5.92 Å². The number of aromatic carboxylic acids is 1. The van der Waals surface area contributed by atoms with Crippen LogP contribution in [0.2, 0.25) is 0 Å². The van der Waals surface area contributed by atoms with Gasteiger partial charge in [-0.3, -0.25) is 4.79 Å². The van der Waals surface area contributed by atoms with Gasteiger partial charge in [0.1, 0.15) is 10.6 Å². The highest BCUT2D eigenvalue weighted by molar-refractivity contribution is 7.09. The number of nitrogens with zero attached hydrogens (tertiary/aromatic N) is 2. The number of hydrogen-bond donors (Lipinski definition) is 1. The minimum Gasteiger partial charge on any atom is -0.476 e. The van der Waals surface area contributed by atoms with Gasteiger partial charge < -0.3 is 19.5 Å². The molecule has 1 rings (SSSR count). The Bertz CT molecular complexity index is 680. The van der Waals surface area contributed by atoms with Crippen molar-refractivity contribution in [2.75, 3.05) is 7.05 Å². The molecule has 1 N–H and O–H groups in total. The van der Waals surface area contributed by atoms with E-state index in [2.05, 4.69) is 4.98 Å². The van der Waals surface area contributed by atoms with Gasteiger partial charge in [0.15, 0.2) is 11.8 Å². The highest BCUT2D eigenvalue weighted by atomic mass is 32.1. The minimum atomic E-state index is -1.15. The number of carbonyl (C=O) groups is 3. The molecule has 0 radical (unpaired) electrons. The molecular formula is C18H28N2O6S. The molecule has 0 aromatic carbocycles. The van der Waals surface area contributed by atoms with E-state index in [0.717, 1.165) is 11.3 Å². The molecule has 8 nitrogen and oxygen atoms in total. The lowest BCUT2D eigenvalue weighted by Gasteiger charge is -2.34. The zero-order valence-corrected chi connectivity index (χ0v) is 17.6. The van der Waals surface area contributed by atoms with E-state index in [4.69, 9.17) is 14.6 Å². The standard InChI is InChI=1S/C18H28N2O6S/c1-10(2)13(20(7)17(24)26-18(4,5)6)8-14(25-11(3)21)15-19-12(9-27-15)16(22)23/h9-10,13-14H,8H2,1-7H3,(H,22,23)/t13-,14+/m0/s1. The summed E-state index contributed by atoms with van der Waals surface area (Å²) < 4.78 is 10.8. The fourth-order valence-corrected chi connectivity index (χ4v) is 3.33. The Morgan fingerprint density at radius 3 is 2.30 bits per heavy atom. The molecule has 0 aliphatic rings. The van der Waals surface area contributed by atoms with Crippen LogP contribution in [0.5, 0.6) is 0 Å². The van der Waals surface area contributed by atoms with Gasteiger partial charge in [0.2, 0.25) is 0 Å². The lowest BCUT2D eigenvalue weighted by atomic mass is 9.96. The number of ether oxygens (including phenoxy) is 2. The summed E-state index contributed by atoms with van der Waals surface area (Å²) in [5, 5.41) is 10.8. The van der Waals surface area contributed by atoms with Crippen LogP contribution in [0.15, 0.2) is 5.38 Å². The molecule has 0 fully saturated rings. The maximum absolute atomic E-state index is 12.4. The molecule has 152 valence electrons. The van der Waals surface area contributed by atoms with Crippen LogP contribution in [0.4, 0.5) is 4.79 Å². The second-order valence-electron chi connectivity index (χ2n) is 7.61. The summed E-state index contributed by atoms with van der Waals surface area (Å²) in [6, 6.07) is -0.304. The summed E-state index contributed by atoms with van der Waals surface area (Å²) in [6.07, 6.45) is -0.953. The Morgan fingerprint density at radius 1 is 1.30 bits per heavy atom. The first-order valence-corrected chi connectivity index (χ1v) is 9.51. The zero-order chi connectivity index (χ0) is 20.9. The van der Waals surface area contributed by atoms with Crippen molar-refractivity contribution < 1.29 is 29.0 Å². The normalized spacial score (nSPS) is 13.8. The van der Waals surface area contributed by atoms with Gasteiger partial charge in [0.05, 0.1) is 0 Å². The largest absolute Gasteiger partial charge is 0.476 e. The van der Waals surface area contributed by atoms with Crippen molar-refractivity contribution >= 4 is 29.4 Å². The van der Waals surface area contributed by atoms with Crippen molar-refractivity contribution in [1.29, 1.82) is 0 Å². The van der Waals surface area contributed by atoms with Gasteiger partial charge >= 0.3 is 18.0 Å². The topological polar surface area (TPSA) is 106 Å². The monoisotopic (exact) mass is 400 g/mol. The van der Waals surface area contributed by atoms with Crippen molar-refractivity contribution in [2.45, 2.75) is 65.7 Å². The number of hydrogen-bond acceptors (Lipinski definition) is 7. The molecule has 0 unspecified atom stereocenters. The van der Waals surface area contributed by atoms with Crippen LogP contribution in [-0.4, -0.2) is 51.7 Å². The molecule has 27 heavy (non-hydrogen) atoms. The van der Waals surface area contributed by atoms with Crippen molar-refractivity contribution in [2.24, 2.45) is 5.92 Å². The molecule has 0 aliphatic carbocycles. The highest BCUT2D eigenvalue weighted by Gasteiger charge is 2.32. The Balaban J connectivity index is 3.07. The molecule has 2 atom stereocenters. The molecule has 0 saturated heterocycles. The Hall–Kier alpha value is -2.16. The predicted molar refractivity (Wildman–Crippen MR) is 101 cm³/mol. The first-order chi connectivity index (χ1) is 12.3. The van der Waals surface area contributed by atoms with Gasteiger partial charge in [0.25, 0.3) is 0 Å². The van der Waals surface area contributed by atoms with Crippen LogP contribution >= 0.6 is 11.3 Å². The van der Waals surface area contributed by atoms with E-state index in [0.29, 0.717) is 5.01 Å². The van der Waals surface area contributed by atoms with Gasteiger partial charge in [-0.05, 0) is 26.7 Å². The van der Waals surface area contributed by atoms with E-state index in [9.17, 15) is 14.4 Å². The molecule has 9 heteroatoms.